The molecule has 0 spiro atoms. The molecule has 4 heteroatoms. The molecule has 0 saturated carbocycles. The minimum Gasteiger partial charge on any atom is -0.366 e. The molecule has 0 N–H and O–H groups in total. The molecule has 1 aliphatic rings. The molecule has 1 heterocycles. The smallest absolute Gasteiger partial charge is 0.366 e. The van der Waals surface area contributed by atoms with Crippen LogP contribution in [0.4, 0.5) is 18.9 Å². The summed E-state index contributed by atoms with van der Waals surface area (Å²) in [5.41, 5.74) is 0.332. The standard InChI is InChI=1S/C13H16F3N/c1-12(2)8-3-9-17(12)11-6-4-10(5-7-11)13(14,15)16/h4-7H,3,8-9H2,1-2H3. The Kier molecular flexibility index (Phi) is 2.84. The van der Waals surface area contributed by atoms with E-state index < -0.39 is 11.7 Å². The molecule has 0 amide bonds. The van der Waals surface area contributed by atoms with Gasteiger partial charge in [0, 0.05) is 17.8 Å². The second-order valence-electron chi connectivity index (χ2n) is 5.11. The van der Waals surface area contributed by atoms with Crippen LogP contribution in [0.2, 0.25) is 0 Å². The minimum absolute atomic E-state index is 0.0414. The van der Waals surface area contributed by atoms with Crippen LogP contribution >= 0.6 is 0 Å². The largest absolute Gasteiger partial charge is 0.416 e. The van der Waals surface area contributed by atoms with E-state index in [0.717, 1.165) is 37.2 Å². The highest BCUT2D eigenvalue weighted by Gasteiger charge is 2.33. The first-order valence-electron chi connectivity index (χ1n) is 5.76. The third kappa shape index (κ3) is 2.40. The van der Waals surface area contributed by atoms with Crippen molar-refractivity contribution in [3.63, 3.8) is 0 Å². The molecule has 1 aliphatic heterocycles. The van der Waals surface area contributed by atoms with Crippen LogP contribution in [0.1, 0.15) is 32.3 Å². The fourth-order valence-electron chi connectivity index (χ4n) is 2.42. The SMILES string of the molecule is CC1(C)CCCN1c1ccc(C(F)(F)F)cc1. The van der Waals surface area contributed by atoms with E-state index in [0.29, 0.717) is 0 Å². The average Bonchev–Trinajstić information content (AvgIpc) is 2.57. The zero-order valence-electron chi connectivity index (χ0n) is 10.0. The number of anilines is 1. The number of benzene rings is 1. The molecular weight excluding hydrogens is 227 g/mol. The number of halogens is 3. The minimum atomic E-state index is -4.25. The summed E-state index contributed by atoms with van der Waals surface area (Å²) in [6.07, 6.45) is -2.08. The van der Waals surface area contributed by atoms with Crippen LogP contribution in [0.15, 0.2) is 24.3 Å². The Morgan fingerprint density at radius 2 is 1.71 bits per heavy atom. The lowest BCUT2D eigenvalue weighted by atomic mass is 10.0. The van der Waals surface area contributed by atoms with Gasteiger partial charge in [-0.05, 0) is 51.0 Å². The monoisotopic (exact) mass is 243 g/mol. The molecule has 1 aromatic carbocycles. The molecule has 0 aliphatic carbocycles. The molecule has 1 nitrogen and oxygen atoms in total. The molecule has 0 unspecified atom stereocenters. The number of alkyl halides is 3. The zero-order chi connectivity index (χ0) is 12.7. The summed E-state index contributed by atoms with van der Waals surface area (Å²) >= 11 is 0. The van der Waals surface area contributed by atoms with Crippen molar-refractivity contribution in [2.24, 2.45) is 0 Å². The van der Waals surface area contributed by atoms with Crippen molar-refractivity contribution in [2.75, 3.05) is 11.4 Å². The predicted molar refractivity (Wildman–Crippen MR) is 62.1 cm³/mol. The van der Waals surface area contributed by atoms with Gasteiger partial charge in [0.2, 0.25) is 0 Å². The second kappa shape index (κ2) is 3.93. The summed E-state index contributed by atoms with van der Waals surface area (Å²) < 4.78 is 37.3. The Hall–Kier alpha value is -1.19. The Morgan fingerprint density at radius 1 is 1.12 bits per heavy atom. The maximum atomic E-state index is 12.4. The number of hydrogen-bond acceptors (Lipinski definition) is 1. The van der Waals surface area contributed by atoms with Crippen molar-refractivity contribution in [3.05, 3.63) is 29.8 Å². The van der Waals surface area contributed by atoms with Gasteiger partial charge in [0.15, 0.2) is 0 Å². The lowest BCUT2D eigenvalue weighted by Crippen LogP contribution is -2.38. The Labute approximate surface area is 99.2 Å². The van der Waals surface area contributed by atoms with E-state index in [1.807, 2.05) is 0 Å². The molecule has 17 heavy (non-hydrogen) atoms. The van der Waals surface area contributed by atoms with Crippen molar-refractivity contribution in [2.45, 2.75) is 38.4 Å². The highest BCUT2D eigenvalue weighted by atomic mass is 19.4. The Morgan fingerprint density at radius 3 is 2.12 bits per heavy atom. The Bertz CT molecular complexity index is 392. The van der Waals surface area contributed by atoms with Gasteiger partial charge in [-0.25, -0.2) is 0 Å². The molecule has 94 valence electrons. The molecule has 0 radical (unpaired) electrons. The summed E-state index contributed by atoms with van der Waals surface area (Å²) in [6, 6.07) is 5.44. The topological polar surface area (TPSA) is 3.24 Å². The molecule has 1 saturated heterocycles. The van der Waals surface area contributed by atoms with Gasteiger partial charge in [-0.1, -0.05) is 0 Å². The maximum Gasteiger partial charge on any atom is 0.416 e. The normalized spacial score (nSPS) is 19.7. The van der Waals surface area contributed by atoms with Gasteiger partial charge in [-0.15, -0.1) is 0 Å². The van der Waals surface area contributed by atoms with E-state index >= 15 is 0 Å². The highest BCUT2D eigenvalue weighted by molar-refractivity contribution is 5.51. The number of hydrogen-bond donors (Lipinski definition) is 0. The first kappa shape index (κ1) is 12.3. The first-order valence-corrected chi connectivity index (χ1v) is 5.76. The van der Waals surface area contributed by atoms with E-state index in [4.69, 9.17) is 0 Å². The third-order valence-corrected chi connectivity index (χ3v) is 3.41. The lowest BCUT2D eigenvalue weighted by Gasteiger charge is -2.33. The van der Waals surface area contributed by atoms with Gasteiger partial charge in [0.25, 0.3) is 0 Å². The third-order valence-electron chi connectivity index (χ3n) is 3.41. The van der Waals surface area contributed by atoms with Gasteiger partial charge < -0.3 is 4.90 Å². The maximum absolute atomic E-state index is 12.4. The summed E-state index contributed by atoms with van der Waals surface area (Å²) in [4.78, 5) is 2.17. The van der Waals surface area contributed by atoms with Gasteiger partial charge in [-0.3, -0.25) is 0 Å². The fraction of sp³-hybridized carbons (Fsp3) is 0.538. The van der Waals surface area contributed by atoms with Crippen LogP contribution in [0.25, 0.3) is 0 Å². The van der Waals surface area contributed by atoms with Gasteiger partial charge in [-0.2, -0.15) is 13.2 Å². The molecule has 1 aromatic rings. The van der Waals surface area contributed by atoms with Crippen LogP contribution in [-0.2, 0) is 6.18 Å². The molecule has 0 atom stereocenters. The summed E-state index contributed by atoms with van der Waals surface area (Å²) in [6.45, 7) is 5.16. The highest BCUT2D eigenvalue weighted by Crippen LogP contribution is 2.35. The van der Waals surface area contributed by atoms with Crippen molar-refractivity contribution in [3.8, 4) is 0 Å². The molecule has 2 rings (SSSR count). The van der Waals surface area contributed by atoms with Crippen molar-refractivity contribution in [1.82, 2.24) is 0 Å². The quantitative estimate of drug-likeness (QED) is 0.718. The van der Waals surface area contributed by atoms with Crippen LogP contribution in [0.3, 0.4) is 0 Å². The lowest BCUT2D eigenvalue weighted by molar-refractivity contribution is -0.137. The van der Waals surface area contributed by atoms with E-state index in [2.05, 4.69) is 18.7 Å². The average molecular weight is 243 g/mol. The first-order chi connectivity index (χ1) is 7.81. The van der Waals surface area contributed by atoms with E-state index in [9.17, 15) is 13.2 Å². The predicted octanol–water partition coefficient (Wildman–Crippen LogP) is 4.08. The molecule has 0 aromatic heterocycles. The summed E-state index contributed by atoms with van der Waals surface area (Å²) in [7, 11) is 0. The van der Waals surface area contributed by atoms with Crippen molar-refractivity contribution >= 4 is 5.69 Å². The van der Waals surface area contributed by atoms with Crippen molar-refractivity contribution in [1.29, 1.82) is 0 Å². The summed E-state index contributed by atoms with van der Waals surface area (Å²) in [5, 5.41) is 0. The number of rotatable bonds is 1. The van der Waals surface area contributed by atoms with Gasteiger partial charge in [0.1, 0.15) is 0 Å². The zero-order valence-corrected chi connectivity index (χ0v) is 10.0. The molecule has 1 fully saturated rings. The summed E-state index contributed by atoms with van der Waals surface area (Å²) in [5.74, 6) is 0. The Balaban J connectivity index is 2.24. The van der Waals surface area contributed by atoms with Crippen LogP contribution in [-0.4, -0.2) is 12.1 Å². The second-order valence-corrected chi connectivity index (χ2v) is 5.11. The van der Waals surface area contributed by atoms with Crippen LogP contribution in [0.5, 0.6) is 0 Å². The van der Waals surface area contributed by atoms with Crippen LogP contribution in [0, 0.1) is 0 Å². The fourth-order valence-corrected chi connectivity index (χ4v) is 2.42. The molecular formula is C13H16F3N. The van der Waals surface area contributed by atoms with Gasteiger partial charge in [0.05, 0.1) is 5.56 Å². The van der Waals surface area contributed by atoms with E-state index in [1.54, 1.807) is 12.1 Å². The van der Waals surface area contributed by atoms with Crippen molar-refractivity contribution < 1.29 is 13.2 Å². The molecule has 0 bridgehead atoms. The number of nitrogens with zero attached hydrogens (tertiary/aromatic N) is 1. The van der Waals surface area contributed by atoms with Gasteiger partial charge >= 0.3 is 6.18 Å². The van der Waals surface area contributed by atoms with E-state index in [1.165, 1.54) is 0 Å². The van der Waals surface area contributed by atoms with E-state index in [-0.39, 0.29) is 5.54 Å². The van der Waals surface area contributed by atoms with Crippen LogP contribution < -0.4 is 4.90 Å².